The highest BCUT2D eigenvalue weighted by molar-refractivity contribution is 5.87. The predicted octanol–water partition coefficient (Wildman–Crippen LogP) is -0.739. The zero-order valence-electron chi connectivity index (χ0n) is 11.2. The van der Waals surface area contributed by atoms with Crippen LogP contribution < -0.4 is 10.2 Å². The lowest BCUT2D eigenvalue weighted by molar-refractivity contribution is -0.140. The van der Waals surface area contributed by atoms with Gasteiger partial charge in [0.05, 0.1) is 12.5 Å². The number of nitrogens with one attached hydrogen (secondary N) is 1. The van der Waals surface area contributed by atoms with Gasteiger partial charge in [-0.05, 0) is 12.5 Å². The normalized spacial score (nSPS) is 22.8. The third-order valence-electron chi connectivity index (χ3n) is 3.72. The van der Waals surface area contributed by atoms with Crippen LogP contribution in [0.3, 0.4) is 0 Å². The lowest BCUT2D eigenvalue weighted by Crippen LogP contribution is -2.51. The van der Waals surface area contributed by atoms with Gasteiger partial charge >= 0.3 is 0 Å². The van der Waals surface area contributed by atoms with E-state index in [1.165, 1.54) is 0 Å². The van der Waals surface area contributed by atoms with Crippen molar-refractivity contribution in [3.8, 4) is 0 Å². The summed E-state index contributed by atoms with van der Waals surface area (Å²) in [4.78, 5) is 35.8. The largest absolute Gasteiger partial charge is 0.353 e. The second-order valence-electron chi connectivity index (χ2n) is 5.09. The standard InChI is InChI=1S/C13H17N5O2/c19-11-9-17(7-5-14-11)12(20)10-2-6-18(8-10)13-15-3-1-4-16-13/h1,3-4,10H,2,5-9H2,(H,14,19)/t10-/m0/s1. The van der Waals surface area contributed by atoms with E-state index in [1.54, 1.807) is 23.4 Å². The number of hydrogen-bond donors (Lipinski definition) is 1. The van der Waals surface area contributed by atoms with Crippen molar-refractivity contribution in [3.63, 3.8) is 0 Å². The minimum absolute atomic E-state index is 0.0651. The number of hydrogen-bond acceptors (Lipinski definition) is 5. The molecule has 0 aromatic carbocycles. The molecule has 0 radical (unpaired) electrons. The number of carbonyl (C=O) groups is 2. The first-order chi connectivity index (χ1) is 9.74. The first-order valence-corrected chi connectivity index (χ1v) is 6.81. The molecule has 7 heteroatoms. The molecule has 2 aliphatic heterocycles. The van der Waals surface area contributed by atoms with Gasteiger partial charge in [-0.15, -0.1) is 0 Å². The van der Waals surface area contributed by atoms with Crippen LogP contribution in [0.2, 0.25) is 0 Å². The molecule has 106 valence electrons. The minimum Gasteiger partial charge on any atom is -0.353 e. The summed E-state index contributed by atoms with van der Waals surface area (Å²) in [6.45, 7) is 2.73. The summed E-state index contributed by atoms with van der Waals surface area (Å²) in [5.74, 6) is 0.591. The van der Waals surface area contributed by atoms with Crippen molar-refractivity contribution < 1.29 is 9.59 Å². The first kappa shape index (κ1) is 12.8. The van der Waals surface area contributed by atoms with Gasteiger partial charge in [-0.3, -0.25) is 9.59 Å². The zero-order chi connectivity index (χ0) is 13.9. The van der Waals surface area contributed by atoms with E-state index in [9.17, 15) is 9.59 Å². The first-order valence-electron chi connectivity index (χ1n) is 6.81. The molecule has 3 rings (SSSR count). The maximum absolute atomic E-state index is 12.4. The fraction of sp³-hybridized carbons (Fsp3) is 0.538. The van der Waals surface area contributed by atoms with Crippen molar-refractivity contribution in [3.05, 3.63) is 18.5 Å². The molecule has 1 N–H and O–H groups in total. The molecule has 2 fully saturated rings. The Morgan fingerprint density at radius 1 is 1.30 bits per heavy atom. The van der Waals surface area contributed by atoms with Crippen LogP contribution in [0.4, 0.5) is 5.95 Å². The van der Waals surface area contributed by atoms with Gasteiger partial charge in [0, 0.05) is 38.6 Å². The summed E-state index contributed by atoms with van der Waals surface area (Å²) < 4.78 is 0. The minimum atomic E-state index is -0.0779. The van der Waals surface area contributed by atoms with Gasteiger partial charge in [0.2, 0.25) is 17.8 Å². The third kappa shape index (κ3) is 2.56. The molecule has 2 aliphatic rings. The fourth-order valence-corrected chi connectivity index (χ4v) is 2.68. The Morgan fingerprint density at radius 3 is 2.85 bits per heavy atom. The van der Waals surface area contributed by atoms with E-state index in [2.05, 4.69) is 15.3 Å². The maximum atomic E-state index is 12.4. The molecule has 20 heavy (non-hydrogen) atoms. The topological polar surface area (TPSA) is 78.4 Å². The average molecular weight is 275 g/mol. The van der Waals surface area contributed by atoms with Crippen molar-refractivity contribution in [2.45, 2.75) is 6.42 Å². The average Bonchev–Trinajstić information content (AvgIpc) is 2.97. The summed E-state index contributed by atoms with van der Waals surface area (Å²) in [5.41, 5.74) is 0. The second kappa shape index (κ2) is 5.44. The van der Waals surface area contributed by atoms with E-state index in [4.69, 9.17) is 0 Å². The summed E-state index contributed by atoms with van der Waals surface area (Å²) >= 11 is 0. The monoisotopic (exact) mass is 275 g/mol. The summed E-state index contributed by atoms with van der Waals surface area (Å²) in [6.07, 6.45) is 4.19. The lowest BCUT2D eigenvalue weighted by Gasteiger charge is -2.28. The number of amides is 2. The Bertz CT molecular complexity index is 507. The number of aromatic nitrogens is 2. The van der Waals surface area contributed by atoms with Crippen LogP contribution in [0.15, 0.2) is 18.5 Å². The molecule has 7 nitrogen and oxygen atoms in total. The van der Waals surface area contributed by atoms with E-state index in [-0.39, 0.29) is 24.3 Å². The van der Waals surface area contributed by atoms with Crippen molar-refractivity contribution in [1.82, 2.24) is 20.2 Å². The van der Waals surface area contributed by atoms with Gasteiger partial charge in [0.15, 0.2) is 0 Å². The Balaban J connectivity index is 1.62. The summed E-state index contributed by atoms with van der Waals surface area (Å²) in [5, 5.41) is 2.73. The highest BCUT2D eigenvalue weighted by Gasteiger charge is 2.33. The molecule has 1 atom stereocenters. The number of anilines is 1. The number of piperazine rings is 1. The third-order valence-corrected chi connectivity index (χ3v) is 3.72. The van der Waals surface area contributed by atoms with Crippen molar-refractivity contribution in [1.29, 1.82) is 0 Å². The van der Waals surface area contributed by atoms with Gasteiger partial charge in [-0.1, -0.05) is 0 Å². The molecule has 0 saturated carbocycles. The molecule has 0 aliphatic carbocycles. The molecular formula is C13H17N5O2. The van der Waals surface area contributed by atoms with Crippen LogP contribution in [0.1, 0.15) is 6.42 Å². The van der Waals surface area contributed by atoms with Crippen LogP contribution in [0.5, 0.6) is 0 Å². The van der Waals surface area contributed by atoms with Gasteiger partial charge < -0.3 is 15.1 Å². The Morgan fingerprint density at radius 2 is 2.10 bits per heavy atom. The fourth-order valence-electron chi connectivity index (χ4n) is 2.68. The van der Waals surface area contributed by atoms with Crippen LogP contribution in [0.25, 0.3) is 0 Å². The highest BCUT2D eigenvalue weighted by atomic mass is 16.2. The van der Waals surface area contributed by atoms with E-state index in [1.807, 2.05) is 4.90 Å². The van der Waals surface area contributed by atoms with Crippen molar-refractivity contribution in [2.24, 2.45) is 5.92 Å². The number of nitrogens with zero attached hydrogens (tertiary/aromatic N) is 4. The van der Waals surface area contributed by atoms with Crippen LogP contribution in [-0.2, 0) is 9.59 Å². The van der Waals surface area contributed by atoms with Crippen LogP contribution in [-0.4, -0.2) is 59.4 Å². The number of rotatable bonds is 2. The SMILES string of the molecule is O=C1CN(C(=O)[C@H]2CCN(c3ncccn3)C2)CCN1. The van der Waals surface area contributed by atoms with E-state index in [0.29, 0.717) is 25.6 Å². The van der Waals surface area contributed by atoms with Gasteiger partial charge in [-0.2, -0.15) is 0 Å². The molecule has 2 saturated heterocycles. The molecule has 2 amide bonds. The molecule has 0 bridgehead atoms. The molecule has 0 spiro atoms. The molecular weight excluding hydrogens is 258 g/mol. The molecule has 3 heterocycles. The molecule has 1 aromatic heterocycles. The Labute approximate surface area is 117 Å². The van der Waals surface area contributed by atoms with E-state index >= 15 is 0 Å². The van der Waals surface area contributed by atoms with E-state index in [0.717, 1.165) is 13.0 Å². The number of carbonyl (C=O) groups excluding carboxylic acids is 2. The smallest absolute Gasteiger partial charge is 0.239 e. The molecule has 1 aromatic rings. The van der Waals surface area contributed by atoms with Gasteiger partial charge in [0.25, 0.3) is 0 Å². The van der Waals surface area contributed by atoms with Gasteiger partial charge in [-0.25, -0.2) is 9.97 Å². The highest BCUT2D eigenvalue weighted by Crippen LogP contribution is 2.22. The summed E-state index contributed by atoms with van der Waals surface area (Å²) in [6, 6.07) is 1.77. The van der Waals surface area contributed by atoms with Crippen molar-refractivity contribution in [2.75, 3.05) is 37.6 Å². The quantitative estimate of drug-likeness (QED) is 0.769. The maximum Gasteiger partial charge on any atom is 0.239 e. The Kier molecular flexibility index (Phi) is 3.49. The van der Waals surface area contributed by atoms with Crippen LogP contribution in [0, 0.1) is 5.92 Å². The van der Waals surface area contributed by atoms with Crippen LogP contribution >= 0.6 is 0 Å². The molecule has 0 unspecified atom stereocenters. The Hall–Kier alpha value is -2.18. The van der Waals surface area contributed by atoms with E-state index < -0.39 is 0 Å². The van der Waals surface area contributed by atoms with Crippen molar-refractivity contribution >= 4 is 17.8 Å². The second-order valence-corrected chi connectivity index (χ2v) is 5.09. The zero-order valence-corrected chi connectivity index (χ0v) is 11.2. The lowest BCUT2D eigenvalue weighted by atomic mass is 10.1. The summed E-state index contributed by atoms with van der Waals surface area (Å²) in [7, 11) is 0. The van der Waals surface area contributed by atoms with Gasteiger partial charge in [0.1, 0.15) is 0 Å². The predicted molar refractivity (Wildman–Crippen MR) is 71.9 cm³/mol.